The first kappa shape index (κ1) is 13.5. The fourth-order valence-electron chi connectivity index (χ4n) is 1.02. The van der Waals surface area contributed by atoms with Crippen LogP contribution in [-0.4, -0.2) is 29.6 Å². The molecule has 0 saturated heterocycles. The van der Waals surface area contributed by atoms with Crippen LogP contribution in [0, 0.1) is 0 Å². The topological polar surface area (TPSA) is 75.6 Å². The van der Waals surface area contributed by atoms with Crippen LogP contribution >= 0.6 is 15.9 Å². The largest absolute Gasteiger partial charge is 0.484 e. The Morgan fingerprint density at radius 2 is 2.00 bits per heavy atom. The summed E-state index contributed by atoms with van der Waals surface area (Å²) in [5.74, 6) is -1.00. The van der Waals surface area contributed by atoms with Crippen molar-refractivity contribution >= 4 is 27.8 Å². The minimum atomic E-state index is -1.08. The van der Waals surface area contributed by atoms with E-state index in [4.69, 9.17) is 9.84 Å². The second-order valence-corrected chi connectivity index (χ2v) is 4.29. The Balaban J connectivity index is 2.38. The lowest BCUT2D eigenvalue weighted by molar-refractivity contribution is -0.141. The summed E-state index contributed by atoms with van der Waals surface area (Å²) in [4.78, 5) is 21.8. The van der Waals surface area contributed by atoms with E-state index in [-0.39, 0.29) is 6.61 Å². The van der Waals surface area contributed by atoms with Gasteiger partial charge < -0.3 is 15.2 Å². The zero-order valence-corrected chi connectivity index (χ0v) is 10.7. The second-order valence-electron chi connectivity index (χ2n) is 3.37. The molecule has 1 aromatic carbocycles. The van der Waals surface area contributed by atoms with Gasteiger partial charge in [0.2, 0.25) is 0 Å². The van der Waals surface area contributed by atoms with E-state index in [9.17, 15) is 9.59 Å². The molecule has 0 radical (unpaired) electrons. The van der Waals surface area contributed by atoms with Crippen LogP contribution in [0.15, 0.2) is 28.7 Å². The van der Waals surface area contributed by atoms with E-state index in [0.717, 1.165) is 4.47 Å². The summed E-state index contributed by atoms with van der Waals surface area (Å²) in [5, 5.41) is 10.9. The van der Waals surface area contributed by atoms with Gasteiger partial charge in [-0.3, -0.25) is 9.59 Å². The number of halogens is 1. The Morgan fingerprint density at radius 3 is 2.53 bits per heavy atom. The maximum Gasteiger partial charge on any atom is 0.325 e. The molecule has 0 spiro atoms. The van der Waals surface area contributed by atoms with Crippen molar-refractivity contribution in [1.82, 2.24) is 5.32 Å². The fourth-order valence-corrected chi connectivity index (χ4v) is 1.29. The quantitative estimate of drug-likeness (QED) is 0.862. The average Bonchev–Trinajstić information content (AvgIpc) is 2.28. The van der Waals surface area contributed by atoms with Crippen LogP contribution in [0.1, 0.15) is 6.92 Å². The smallest absolute Gasteiger partial charge is 0.325 e. The molecule has 1 amide bonds. The molecule has 1 atom stereocenters. The van der Waals surface area contributed by atoms with Crippen molar-refractivity contribution in [2.45, 2.75) is 13.0 Å². The van der Waals surface area contributed by atoms with Gasteiger partial charge in [0, 0.05) is 4.47 Å². The van der Waals surface area contributed by atoms with E-state index in [1.807, 2.05) is 0 Å². The Hall–Kier alpha value is -1.56. The molecule has 0 aliphatic heterocycles. The van der Waals surface area contributed by atoms with Crippen LogP contribution in [-0.2, 0) is 9.59 Å². The van der Waals surface area contributed by atoms with Crippen molar-refractivity contribution in [2.24, 2.45) is 0 Å². The van der Waals surface area contributed by atoms with Crippen LogP contribution < -0.4 is 10.1 Å². The molecule has 5 nitrogen and oxygen atoms in total. The number of hydrogen-bond donors (Lipinski definition) is 2. The maximum absolute atomic E-state index is 11.3. The van der Waals surface area contributed by atoms with Gasteiger partial charge in [-0.15, -0.1) is 0 Å². The Bertz CT molecular complexity index is 404. The summed E-state index contributed by atoms with van der Waals surface area (Å²) in [6, 6.07) is 6.06. The van der Waals surface area contributed by atoms with Gasteiger partial charge in [0.15, 0.2) is 6.61 Å². The van der Waals surface area contributed by atoms with Gasteiger partial charge in [0.05, 0.1) is 0 Å². The molecule has 0 heterocycles. The molecule has 0 bridgehead atoms. The highest BCUT2D eigenvalue weighted by Crippen LogP contribution is 2.15. The number of nitrogens with one attached hydrogen (secondary N) is 1. The van der Waals surface area contributed by atoms with Gasteiger partial charge in [-0.05, 0) is 31.2 Å². The number of hydrogen-bond acceptors (Lipinski definition) is 3. The van der Waals surface area contributed by atoms with Crippen LogP contribution in [0.2, 0.25) is 0 Å². The minimum absolute atomic E-state index is 0.209. The number of carboxylic acids is 1. The average molecular weight is 302 g/mol. The van der Waals surface area contributed by atoms with E-state index in [2.05, 4.69) is 21.2 Å². The third-order valence-electron chi connectivity index (χ3n) is 1.93. The molecule has 0 fully saturated rings. The molecule has 0 aliphatic carbocycles. The van der Waals surface area contributed by atoms with Crippen molar-refractivity contribution in [3.05, 3.63) is 28.7 Å². The van der Waals surface area contributed by atoms with Crippen LogP contribution in [0.4, 0.5) is 0 Å². The van der Waals surface area contributed by atoms with Crippen LogP contribution in [0.3, 0.4) is 0 Å². The zero-order chi connectivity index (χ0) is 12.8. The van der Waals surface area contributed by atoms with Gasteiger partial charge >= 0.3 is 5.97 Å². The fraction of sp³-hybridized carbons (Fsp3) is 0.273. The summed E-state index contributed by atoms with van der Waals surface area (Å²) in [7, 11) is 0. The molecule has 0 aromatic heterocycles. The van der Waals surface area contributed by atoms with E-state index in [1.165, 1.54) is 6.92 Å². The number of ether oxygens (including phenoxy) is 1. The van der Waals surface area contributed by atoms with E-state index < -0.39 is 17.9 Å². The Labute approximate surface area is 107 Å². The number of amides is 1. The van der Waals surface area contributed by atoms with Crippen molar-refractivity contribution in [3.8, 4) is 5.75 Å². The molecule has 6 heteroatoms. The standard InChI is InChI=1S/C11H12BrNO4/c1-7(11(15)16)13-10(14)6-17-9-4-2-8(12)3-5-9/h2-5,7H,6H2,1H3,(H,13,14)(H,15,16)/t7-/m0/s1. The van der Waals surface area contributed by atoms with Gasteiger partial charge in [-0.25, -0.2) is 0 Å². The predicted molar refractivity (Wildman–Crippen MR) is 64.9 cm³/mol. The lowest BCUT2D eigenvalue weighted by atomic mass is 10.3. The van der Waals surface area contributed by atoms with E-state index in [1.54, 1.807) is 24.3 Å². The summed E-state index contributed by atoms with van der Waals surface area (Å²) in [6.07, 6.45) is 0. The van der Waals surface area contributed by atoms with Gasteiger partial charge in [-0.1, -0.05) is 15.9 Å². The molecular weight excluding hydrogens is 290 g/mol. The van der Waals surface area contributed by atoms with Gasteiger partial charge in [0.1, 0.15) is 11.8 Å². The normalized spacial score (nSPS) is 11.6. The molecule has 17 heavy (non-hydrogen) atoms. The van der Waals surface area contributed by atoms with Crippen molar-refractivity contribution in [3.63, 3.8) is 0 Å². The molecule has 0 saturated carbocycles. The van der Waals surface area contributed by atoms with Gasteiger partial charge in [0.25, 0.3) is 5.91 Å². The number of carbonyl (C=O) groups is 2. The van der Waals surface area contributed by atoms with Gasteiger partial charge in [-0.2, -0.15) is 0 Å². The van der Waals surface area contributed by atoms with Crippen molar-refractivity contribution in [2.75, 3.05) is 6.61 Å². The lowest BCUT2D eigenvalue weighted by Gasteiger charge is -2.10. The first-order valence-corrected chi connectivity index (χ1v) is 5.69. The second kappa shape index (κ2) is 6.24. The number of carbonyl (C=O) groups excluding carboxylic acids is 1. The van der Waals surface area contributed by atoms with Crippen LogP contribution in [0.5, 0.6) is 5.75 Å². The maximum atomic E-state index is 11.3. The number of rotatable bonds is 5. The third kappa shape index (κ3) is 4.86. The molecule has 0 unspecified atom stereocenters. The SMILES string of the molecule is C[C@H](NC(=O)COc1ccc(Br)cc1)C(=O)O. The highest BCUT2D eigenvalue weighted by atomic mass is 79.9. The summed E-state index contributed by atoms with van der Waals surface area (Å²) in [5.41, 5.74) is 0. The molecule has 92 valence electrons. The Morgan fingerprint density at radius 1 is 1.41 bits per heavy atom. The summed E-state index contributed by atoms with van der Waals surface area (Å²) < 4.78 is 6.09. The van der Waals surface area contributed by atoms with Crippen molar-refractivity contribution < 1.29 is 19.4 Å². The van der Waals surface area contributed by atoms with E-state index >= 15 is 0 Å². The highest BCUT2D eigenvalue weighted by molar-refractivity contribution is 9.10. The van der Waals surface area contributed by atoms with Crippen molar-refractivity contribution in [1.29, 1.82) is 0 Å². The summed E-state index contributed by atoms with van der Waals surface area (Å²) in [6.45, 7) is 1.18. The molecular formula is C11H12BrNO4. The molecule has 0 aliphatic rings. The first-order chi connectivity index (χ1) is 7.99. The first-order valence-electron chi connectivity index (χ1n) is 4.89. The number of carboxylic acid groups (broad SMARTS) is 1. The summed E-state index contributed by atoms with van der Waals surface area (Å²) >= 11 is 3.27. The molecule has 1 aromatic rings. The number of aliphatic carboxylic acids is 1. The molecule has 1 rings (SSSR count). The third-order valence-corrected chi connectivity index (χ3v) is 2.46. The highest BCUT2D eigenvalue weighted by Gasteiger charge is 2.13. The molecule has 2 N–H and O–H groups in total. The monoisotopic (exact) mass is 301 g/mol. The predicted octanol–water partition coefficient (Wildman–Crippen LogP) is 1.42. The number of benzene rings is 1. The zero-order valence-electron chi connectivity index (χ0n) is 9.14. The van der Waals surface area contributed by atoms with Crippen LogP contribution in [0.25, 0.3) is 0 Å². The van der Waals surface area contributed by atoms with E-state index in [0.29, 0.717) is 5.75 Å². The Kier molecular flexibility index (Phi) is 4.96. The minimum Gasteiger partial charge on any atom is -0.484 e. The lowest BCUT2D eigenvalue weighted by Crippen LogP contribution is -2.40.